The summed E-state index contributed by atoms with van der Waals surface area (Å²) in [7, 11) is 3.20. The van der Waals surface area contributed by atoms with Crippen LogP contribution in [0.2, 0.25) is 0 Å². The van der Waals surface area contributed by atoms with Crippen molar-refractivity contribution >= 4 is 0 Å². The van der Waals surface area contributed by atoms with Gasteiger partial charge in [0.25, 0.3) is 0 Å². The number of methoxy groups -OCH3 is 2. The van der Waals surface area contributed by atoms with Gasteiger partial charge in [-0.1, -0.05) is 24.3 Å². The first kappa shape index (κ1) is 15.2. The number of phenols is 1. The Morgan fingerprint density at radius 1 is 1.10 bits per heavy atom. The molecule has 112 valence electrons. The molecule has 4 heteroatoms. The second-order valence-electron chi connectivity index (χ2n) is 4.85. The lowest BCUT2D eigenvalue weighted by molar-refractivity contribution is 0.369. The maximum absolute atomic E-state index is 10.1. The Morgan fingerprint density at radius 3 is 2.57 bits per heavy atom. The molecule has 0 aliphatic rings. The summed E-state index contributed by atoms with van der Waals surface area (Å²) in [5.41, 5.74) is 1.95. The smallest absolute Gasteiger partial charge is 0.162 e. The molecule has 1 unspecified atom stereocenters. The second-order valence-corrected chi connectivity index (χ2v) is 4.85. The minimum Gasteiger partial charge on any atom is -0.504 e. The van der Waals surface area contributed by atoms with Gasteiger partial charge in [-0.3, -0.25) is 0 Å². The number of ether oxygens (including phenoxy) is 2. The van der Waals surface area contributed by atoms with Gasteiger partial charge < -0.3 is 19.9 Å². The van der Waals surface area contributed by atoms with E-state index >= 15 is 0 Å². The van der Waals surface area contributed by atoms with Gasteiger partial charge in [-0.2, -0.15) is 0 Å². The number of nitrogens with one attached hydrogen (secondary N) is 1. The zero-order valence-corrected chi connectivity index (χ0v) is 12.6. The molecule has 1 atom stereocenters. The summed E-state index contributed by atoms with van der Waals surface area (Å²) in [4.78, 5) is 0. The molecule has 0 spiro atoms. The number of benzene rings is 2. The standard InChI is InChI=1S/C17H21NO3/c1-12(13-6-4-8-15(10-13)20-2)18-11-14-7-5-9-16(21-3)17(14)19/h4-10,12,18-19H,11H2,1-3H3. The Hall–Kier alpha value is -2.20. The zero-order valence-electron chi connectivity index (χ0n) is 12.6. The average Bonchev–Trinajstić information content (AvgIpc) is 2.53. The van der Waals surface area contributed by atoms with Crippen LogP contribution in [0.4, 0.5) is 0 Å². The van der Waals surface area contributed by atoms with E-state index in [9.17, 15) is 5.11 Å². The van der Waals surface area contributed by atoms with Crippen LogP contribution >= 0.6 is 0 Å². The number of hydrogen-bond donors (Lipinski definition) is 2. The molecule has 2 rings (SSSR count). The van der Waals surface area contributed by atoms with Gasteiger partial charge in [0.15, 0.2) is 11.5 Å². The molecule has 0 aliphatic heterocycles. The van der Waals surface area contributed by atoms with Crippen molar-refractivity contribution in [2.45, 2.75) is 19.5 Å². The zero-order chi connectivity index (χ0) is 15.2. The van der Waals surface area contributed by atoms with Gasteiger partial charge in [0, 0.05) is 18.2 Å². The van der Waals surface area contributed by atoms with Crippen LogP contribution in [-0.2, 0) is 6.54 Å². The van der Waals surface area contributed by atoms with Crippen LogP contribution in [0, 0.1) is 0 Å². The third-order valence-electron chi connectivity index (χ3n) is 3.49. The maximum atomic E-state index is 10.1. The largest absolute Gasteiger partial charge is 0.504 e. The van der Waals surface area contributed by atoms with Crippen molar-refractivity contribution in [1.82, 2.24) is 5.32 Å². The fourth-order valence-corrected chi connectivity index (χ4v) is 2.17. The molecule has 0 aromatic heterocycles. The number of para-hydroxylation sites is 1. The molecule has 4 nitrogen and oxygen atoms in total. The summed E-state index contributed by atoms with van der Waals surface area (Å²) in [6.07, 6.45) is 0. The lowest BCUT2D eigenvalue weighted by Crippen LogP contribution is -2.18. The first-order valence-electron chi connectivity index (χ1n) is 6.88. The highest BCUT2D eigenvalue weighted by Crippen LogP contribution is 2.29. The normalized spacial score (nSPS) is 12.0. The molecule has 0 fully saturated rings. The van der Waals surface area contributed by atoms with E-state index in [0.29, 0.717) is 12.3 Å². The molecule has 2 aromatic carbocycles. The fourth-order valence-electron chi connectivity index (χ4n) is 2.17. The molecule has 0 heterocycles. The molecule has 21 heavy (non-hydrogen) atoms. The van der Waals surface area contributed by atoms with Crippen LogP contribution in [0.5, 0.6) is 17.2 Å². The van der Waals surface area contributed by atoms with E-state index in [2.05, 4.69) is 12.2 Å². The predicted molar refractivity (Wildman–Crippen MR) is 82.9 cm³/mol. The van der Waals surface area contributed by atoms with Crippen LogP contribution in [0.3, 0.4) is 0 Å². The van der Waals surface area contributed by atoms with Gasteiger partial charge in [0.2, 0.25) is 0 Å². The monoisotopic (exact) mass is 287 g/mol. The van der Waals surface area contributed by atoms with Crippen molar-refractivity contribution in [3.05, 3.63) is 53.6 Å². The molecule has 0 saturated carbocycles. The van der Waals surface area contributed by atoms with Crippen LogP contribution in [0.25, 0.3) is 0 Å². The third kappa shape index (κ3) is 3.67. The van der Waals surface area contributed by atoms with E-state index in [1.807, 2.05) is 36.4 Å². The molecule has 0 amide bonds. The van der Waals surface area contributed by atoms with Gasteiger partial charge in [-0.25, -0.2) is 0 Å². The quantitative estimate of drug-likeness (QED) is 0.856. The van der Waals surface area contributed by atoms with E-state index < -0.39 is 0 Å². The number of phenolic OH excluding ortho intramolecular Hbond substituents is 1. The summed E-state index contributed by atoms with van der Waals surface area (Å²) in [6.45, 7) is 2.63. The summed E-state index contributed by atoms with van der Waals surface area (Å²) in [5, 5.41) is 13.5. The van der Waals surface area contributed by atoms with Gasteiger partial charge in [-0.15, -0.1) is 0 Å². The van der Waals surface area contributed by atoms with Crippen molar-refractivity contribution < 1.29 is 14.6 Å². The summed E-state index contributed by atoms with van der Waals surface area (Å²) >= 11 is 0. The topological polar surface area (TPSA) is 50.7 Å². The summed E-state index contributed by atoms with van der Waals surface area (Å²) in [6, 6.07) is 13.6. The Labute approximate surface area is 125 Å². The molecule has 0 radical (unpaired) electrons. The minimum absolute atomic E-state index is 0.144. The van der Waals surface area contributed by atoms with E-state index in [0.717, 1.165) is 16.9 Å². The fraction of sp³-hybridized carbons (Fsp3) is 0.294. The highest BCUT2D eigenvalue weighted by atomic mass is 16.5. The Morgan fingerprint density at radius 2 is 1.86 bits per heavy atom. The number of hydrogen-bond acceptors (Lipinski definition) is 4. The van der Waals surface area contributed by atoms with E-state index in [1.165, 1.54) is 0 Å². The summed E-state index contributed by atoms with van der Waals surface area (Å²) < 4.78 is 10.3. The lowest BCUT2D eigenvalue weighted by Gasteiger charge is -2.16. The van der Waals surface area contributed by atoms with Gasteiger partial charge in [-0.05, 0) is 30.7 Å². The average molecular weight is 287 g/mol. The lowest BCUT2D eigenvalue weighted by atomic mass is 10.1. The first-order valence-corrected chi connectivity index (χ1v) is 6.88. The molecular formula is C17H21NO3. The number of aromatic hydroxyl groups is 1. The Bertz CT molecular complexity index is 598. The van der Waals surface area contributed by atoms with Crippen molar-refractivity contribution in [3.8, 4) is 17.2 Å². The molecule has 2 N–H and O–H groups in total. The molecule has 0 bridgehead atoms. The SMILES string of the molecule is COc1cccc(C(C)NCc2cccc(OC)c2O)c1. The minimum atomic E-state index is 0.144. The third-order valence-corrected chi connectivity index (χ3v) is 3.49. The van der Waals surface area contributed by atoms with Crippen molar-refractivity contribution in [3.63, 3.8) is 0 Å². The highest BCUT2D eigenvalue weighted by Gasteiger charge is 2.10. The molecule has 0 aliphatic carbocycles. The van der Waals surface area contributed by atoms with Crippen LogP contribution in [0.1, 0.15) is 24.1 Å². The van der Waals surface area contributed by atoms with Crippen molar-refractivity contribution in [2.24, 2.45) is 0 Å². The molecule has 2 aromatic rings. The predicted octanol–water partition coefficient (Wildman–Crippen LogP) is 3.26. The highest BCUT2D eigenvalue weighted by molar-refractivity contribution is 5.45. The van der Waals surface area contributed by atoms with Crippen LogP contribution < -0.4 is 14.8 Å². The van der Waals surface area contributed by atoms with E-state index in [4.69, 9.17) is 9.47 Å². The summed E-state index contributed by atoms with van der Waals surface area (Å²) in [5.74, 6) is 1.51. The van der Waals surface area contributed by atoms with Crippen LogP contribution in [-0.4, -0.2) is 19.3 Å². The maximum Gasteiger partial charge on any atom is 0.162 e. The number of rotatable bonds is 6. The van der Waals surface area contributed by atoms with Crippen LogP contribution in [0.15, 0.2) is 42.5 Å². The molecular weight excluding hydrogens is 266 g/mol. The van der Waals surface area contributed by atoms with Gasteiger partial charge >= 0.3 is 0 Å². The molecule has 0 saturated heterocycles. The van der Waals surface area contributed by atoms with E-state index in [-0.39, 0.29) is 11.8 Å². The van der Waals surface area contributed by atoms with Crippen molar-refractivity contribution in [1.29, 1.82) is 0 Å². The first-order chi connectivity index (χ1) is 10.2. The Kier molecular flexibility index (Phi) is 5.06. The Balaban J connectivity index is 2.05. The van der Waals surface area contributed by atoms with E-state index in [1.54, 1.807) is 20.3 Å². The van der Waals surface area contributed by atoms with Gasteiger partial charge in [0.05, 0.1) is 14.2 Å². The van der Waals surface area contributed by atoms with Gasteiger partial charge in [0.1, 0.15) is 5.75 Å². The van der Waals surface area contributed by atoms with Crippen molar-refractivity contribution in [2.75, 3.05) is 14.2 Å². The second kappa shape index (κ2) is 6.99.